The van der Waals surface area contributed by atoms with Crippen LogP contribution in [0.4, 0.5) is 0 Å². The van der Waals surface area contributed by atoms with Gasteiger partial charge in [-0.05, 0) is 97.7 Å². The Morgan fingerprint density at radius 2 is 1.46 bits per heavy atom. The second-order valence-corrected chi connectivity index (χ2v) is 8.10. The van der Waals surface area contributed by atoms with Crippen LogP contribution in [0.1, 0.15) is 78.9 Å². The lowest BCUT2D eigenvalue weighted by Crippen LogP contribution is -2.10. The summed E-state index contributed by atoms with van der Waals surface area (Å²) in [4.78, 5) is 0. The lowest BCUT2D eigenvalue weighted by molar-refractivity contribution is 0.348. The van der Waals surface area contributed by atoms with Crippen molar-refractivity contribution < 1.29 is 1.43 Å². The molecule has 1 fully saturated rings. The van der Waals surface area contributed by atoms with Crippen molar-refractivity contribution in [1.29, 1.82) is 0 Å². The van der Waals surface area contributed by atoms with Gasteiger partial charge in [-0.25, -0.2) is 0 Å². The van der Waals surface area contributed by atoms with E-state index in [0.29, 0.717) is 0 Å². The molecule has 0 bridgehead atoms. The molecule has 1 aliphatic rings. The van der Waals surface area contributed by atoms with Gasteiger partial charge in [0.15, 0.2) is 0 Å². The molecule has 0 aromatic heterocycles. The molecule has 24 heavy (non-hydrogen) atoms. The summed E-state index contributed by atoms with van der Waals surface area (Å²) in [6, 6.07) is 11.9. The third-order valence-electron chi connectivity index (χ3n) is 6.45. The lowest BCUT2D eigenvalue weighted by atomic mass is 9.79. The molecule has 3 rings (SSSR count). The standard InChI is InChI=1S/C24H32.H2/c1-16-6-10-22(11-7-16)23-12-8-21(9-13-23)15-24-14-17(2)18(3)19(4)20(24)5;/h8-9,12-14,16,22H,6-7,10-11,15H2,1-5H3;1H. The van der Waals surface area contributed by atoms with E-state index in [2.05, 4.69) is 65.0 Å². The van der Waals surface area contributed by atoms with Crippen molar-refractivity contribution in [1.82, 2.24) is 0 Å². The first kappa shape index (κ1) is 17.3. The van der Waals surface area contributed by atoms with E-state index < -0.39 is 0 Å². The van der Waals surface area contributed by atoms with Gasteiger partial charge in [0.2, 0.25) is 0 Å². The first-order chi connectivity index (χ1) is 11.5. The predicted molar refractivity (Wildman–Crippen MR) is 107 cm³/mol. The van der Waals surface area contributed by atoms with Crippen LogP contribution in [0.5, 0.6) is 0 Å². The van der Waals surface area contributed by atoms with E-state index in [4.69, 9.17) is 0 Å². The summed E-state index contributed by atoms with van der Waals surface area (Å²) in [6.07, 6.45) is 6.59. The third kappa shape index (κ3) is 3.58. The zero-order valence-corrected chi connectivity index (χ0v) is 16.1. The van der Waals surface area contributed by atoms with Crippen LogP contribution in [-0.4, -0.2) is 0 Å². The molecule has 2 aromatic carbocycles. The van der Waals surface area contributed by atoms with Crippen LogP contribution in [0.3, 0.4) is 0 Å². The molecular formula is C24H34. The Morgan fingerprint density at radius 1 is 0.833 bits per heavy atom. The van der Waals surface area contributed by atoms with Gasteiger partial charge in [0.1, 0.15) is 0 Å². The first-order valence-corrected chi connectivity index (χ1v) is 9.60. The van der Waals surface area contributed by atoms with Crippen LogP contribution in [0.15, 0.2) is 30.3 Å². The van der Waals surface area contributed by atoms with Crippen LogP contribution in [-0.2, 0) is 6.42 Å². The number of rotatable bonds is 3. The quantitative estimate of drug-likeness (QED) is 0.568. The highest BCUT2D eigenvalue weighted by molar-refractivity contribution is 5.45. The Labute approximate surface area is 149 Å². The van der Waals surface area contributed by atoms with Crippen LogP contribution in [0.25, 0.3) is 0 Å². The number of benzene rings is 2. The fraction of sp³-hybridized carbons (Fsp3) is 0.500. The van der Waals surface area contributed by atoms with Gasteiger partial charge >= 0.3 is 0 Å². The molecule has 0 saturated heterocycles. The lowest BCUT2D eigenvalue weighted by Gasteiger charge is -2.26. The fourth-order valence-corrected chi connectivity index (χ4v) is 4.20. The molecule has 0 heteroatoms. The summed E-state index contributed by atoms with van der Waals surface area (Å²) in [7, 11) is 0. The fourth-order valence-electron chi connectivity index (χ4n) is 4.20. The zero-order valence-electron chi connectivity index (χ0n) is 16.1. The SMILES string of the molecule is Cc1cc(Cc2ccc(C3CCC(C)CC3)cc2)c(C)c(C)c1C.[HH]. The van der Waals surface area contributed by atoms with E-state index in [-0.39, 0.29) is 1.43 Å². The minimum atomic E-state index is 0. The Bertz CT molecular complexity index is 704. The second-order valence-electron chi connectivity index (χ2n) is 8.10. The second kappa shape index (κ2) is 7.13. The van der Waals surface area contributed by atoms with Crippen molar-refractivity contribution in [3.63, 3.8) is 0 Å². The normalized spacial score (nSPS) is 21.0. The zero-order chi connectivity index (χ0) is 17.3. The van der Waals surface area contributed by atoms with Gasteiger partial charge in [0, 0.05) is 1.43 Å². The summed E-state index contributed by atoms with van der Waals surface area (Å²) in [5.74, 6) is 1.72. The molecular weight excluding hydrogens is 288 g/mol. The van der Waals surface area contributed by atoms with Gasteiger partial charge in [-0.3, -0.25) is 0 Å². The van der Waals surface area contributed by atoms with Gasteiger partial charge in [-0.2, -0.15) is 0 Å². The van der Waals surface area contributed by atoms with Crippen LogP contribution in [0, 0.1) is 33.6 Å². The minimum absolute atomic E-state index is 0. The van der Waals surface area contributed by atoms with E-state index in [1.165, 1.54) is 59.1 Å². The smallest absolute Gasteiger partial charge is 0 e. The highest BCUT2D eigenvalue weighted by Gasteiger charge is 2.19. The molecule has 0 nitrogen and oxygen atoms in total. The van der Waals surface area contributed by atoms with E-state index in [9.17, 15) is 0 Å². The van der Waals surface area contributed by atoms with Crippen molar-refractivity contribution in [3.05, 3.63) is 69.3 Å². The summed E-state index contributed by atoms with van der Waals surface area (Å²) >= 11 is 0. The van der Waals surface area contributed by atoms with Crippen LogP contribution in [0.2, 0.25) is 0 Å². The Hall–Kier alpha value is -1.56. The monoisotopic (exact) mass is 322 g/mol. The minimum Gasteiger partial charge on any atom is -0.0625 e. The molecule has 130 valence electrons. The van der Waals surface area contributed by atoms with E-state index in [0.717, 1.165) is 18.3 Å². The topological polar surface area (TPSA) is 0 Å². The molecule has 0 amide bonds. The van der Waals surface area contributed by atoms with E-state index in [1.807, 2.05) is 0 Å². The molecule has 1 aliphatic carbocycles. The average Bonchev–Trinajstić information content (AvgIpc) is 2.59. The average molecular weight is 323 g/mol. The van der Waals surface area contributed by atoms with Gasteiger partial charge in [-0.15, -0.1) is 0 Å². The van der Waals surface area contributed by atoms with Crippen molar-refractivity contribution in [2.45, 2.75) is 72.6 Å². The molecule has 1 saturated carbocycles. The predicted octanol–water partition coefficient (Wildman–Crippen LogP) is 7.05. The van der Waals surface area contributed by atoms with Gasteiger partial charge in [0.05, 0.1) is 0 Å². The van der Waals surface area contributed by atoms with E-state index in [1.54, 1.807) is 5.56 Å². The molecule has 0 spiro atoms. The number of aryl methyl sites for hydroxylation is 1. The van der Waals surface area contributed by atoms with Crippen molar-refractivity contribution in [2.75, 3.05) is 0 Å². The van der Waals surface area contributed by atoms with Crippen LogP contribution >= 0.6 is 0 Å². The molecule has 2 aromatic rings. The van der Waals surface area contributed by atoms with Crippen molar-refractivity contribution in [2.24, 2.45) is 5.92 Å². The van der Waals surface area contributed by atoms with Crippen molar-refractivity contribution >= 4 is 0 Å². The molecule has 0 radical (unpaired) electrons. The van der Waals surface area contributed by atoms with E-state index >= 15 is 0 Å². The number of hydrogen-bond acceptors (Lipinski definition) is 0. The van der Waals surface area contributed by atoms with Gasteiger partial charge < -0.3 is 0 Å². The molecule has 0 atom stereocenters. The molecule has 0 unspecified atom stereocenters. The molecule has 0 heterocycles. The third-order valence-corrected chi connectivity index (χ3v) is 6.45. The summed E-state index contributed by atoms with van der Waals surface area (Å²) in [6.45, 7) is 11.4. The largest absolute Gasteiger partial charge is 0.0625 e. The van der Waals surface area contributed by atoms with Gasteiger partial charge in [0.25, 0.3) is 0 Å². The molecule has 0 aliphatic heterocycles. The van der Waals surface area contributed by atoms with Crippen molar-refractivity contribution in [3.8, 4) is 0 Å². The summed E-state index contributed by atoms with van der Waals surface area (Å²) in [5, 5.41) is 0. The maximum absolute atomic E-state index is 2.40. The Balaban J connectivity index is 0.00000225. The molecule has 0 N–H and O–H groups in total. The Morgan fingerprint density at radius 3 is 2.08 bits per heavy atom. The highest BCUT2D eigenvalue weighted by atomic mass is 14.2. The highest BCUT2D eigenvalue weighted by Crippen LogP contribution is 2.35. The number of hydrogen-bond donors (Lipinski definition) is 0. The summed E-state index contributed by atoms with van der Waals surface area (Å²) < 4.78 is 0. The first-order valence-electron chi connectivity index (χ1n) is 9.60. The summed E-state index contributed by atoms with van der Waals surface area (Å²) in [5.41, 5.74) is 10.3. The maximum Gasteiger partial charge on any atom is 0 e. The maximum atomic E-state index is 2.40. The van der Waals surface area contributed by atoms with Crippen LogP contribution < -0.4 is 0 Å². The Kier molecular flexibility index (Phi) is 5.13. The van der Waals surface area contributed by atoms with Gasteiger partial charge in [-0.1, -0.05) is 50.1 Å².